The Morgan fingerprint density at radius 3 is 1.37 bits per heavy atom. The van der Waals surface area contributed by atoms with Gasteiger partial charge in [-0.15, -0.1) is 0 Å². The van der Waals surface area contributed by atoms with E-state index in [2.05, 4.69) is 0 Å². The third-order valence-corrected chi connectivity index (χ3v) is 2.67. The SMILES string of the molecule is O=S(=O)(O)c1ccccc1.Oc1ccccc1.[Na+].[OH-]. The van der Waals surface area contributed by atoms with Crippen molar-refractivity contribution >= 4 is 10.1 Å². The summed E-state index contributed by atoms with van der Waals surface area (Å²) in [5.41, 5.74) is 0. The molecule has 0 atom stereocenters. The summed E-state index contributed by atoms with van der Waals surface area (Å²) >= 11 is 0. The molecule has 2 aromatic carbocycles. The van der Waals surface area contributed by atoms with E-state index in [1.54, 1.807) is 42.5 Å². The molecule has 0 bridgehead atoms. The van der Waals surface area contributed by atoms with Crippen molar-refractivity contribution in [3.05, 3.63) is 60.7 Å². The first-order valence-corrected chi connectivity index (χ1v) is 6.21. The number of phenolic OH excluding ortho intramolecular Hbond substituents is 1. The Balaban J connectivity index is 0. The first-order chi connectivity index (χ1) is 8.00. The molecular formula is C12H13NaO5S. The second kappa shape index (κ2) is 9.96. The molecule has 0 saturated heterocycles. The van der Waals surface area contributed by atoms with E-state index in [9.17, 15) is 8.42 Å². The van der Waals surface area contributed by atoms with Crippen molar-refractivity contribution in [2.75, 3.05) is 0 Å². The fourth-order valence-corrected chi connectivity index (χ4v) is 1.52. The fraction of sp³-hybridized carbons (Fsp3) is 0. The molecule has 3 N–H and O–H groups in total. The van der Waals surface area contributed by atoms with Gasteiger partial charge in [0, 0.05) is 0 Å². The van der Waals surface area contributed by atoms with Crippen molar-refractivity contribution in [1.82, 2.24) is 0 Å². The van der Waals surface area contributed by atoms with Gasteiger partial charge in [-0.2, -0.15) is 8.42 Å². The first-order valence-electron chi connectivity index (χ1n) is 4.77. The number of aromatic hydroxyl groups is 1. The topological polar surface area (TPSA) is 105 Å². The molecule has 0 aromatic heterocycles. The molecule has 0 fully saturated rings. The summed E-state index contributed by atoms with van der Waals surface area (Å²) in [7, 11) is -4.00. The quantitative estimate of drug-likeness (QED) is 0.526. The van der Waals surface area contributed by atoms with E-state index in [0.717, 1.165) is 0 Å². The summed E-state index contributed by atoms with van der Waals surface area (Å²) in [5, 5.41) is 8.63. The molecule has 0 aliphatic rings. The molecule has 0 unspecified atom stereocenters. The monoisotopic (exact) mass is 292 g/mol. The standard InChI is InChI=1S/C6H6O3S.C6H6O.Na.H2O/c7-10(8,9)6-4-2-1-3-5-6;7-6-4-2-1-3-5-6;;/h1-5H,(H,7,8,9);1-5,7H;;1H2/q;;+1;/p-1. The van der Waals surface area contributed by atoms with Crippen LogP contribution >= 0.6 is 0 Å². The molecule has 2 aromatic rings. The van der Waals surface area contributed by atoms with Crippen LogP contribution in [0.5, 0.6) is 5.75 Å². The van der Waals surface area contributed by atoms with Crippen LogP contribution in [-0.4, -0.2) is 23.6 Å². The maximum absolute atomic E-state index is 10.4. The van der Waals surface area contributed by atoms with Crippen LogP contribution in [0.3, 0.4) is 0 Å². The molecule has 0 aliphatic carbocycles. The van der Waals surface area contributed by atoms with Crippen LogP contribution in [0.15, 0.2) is 65.6 Å². The average Bonchev–Trinajstić information content (AvgIpc) is 2.31. The summed E-state index contributed by atoms with van der Waals surface area (Å²) in [6.45, 7) is 0. The molecule has 7 heteroatoms. The zero-order valence-electron chi connectivity index (χ0n) is 10.3. The summed E-state index contributed by atoms with van der Waals surface area (Å²) in [4.78, 5) is -0.0741. The van der Waals surface area contributed by atoms with E-state index < -0.39 is 10.1 Å². The Bertz CT molecular complexity index is 543. The molecular weight excluding hydrogens is 279 g/mol. The number of para-hydroxylation sites is 1. The number of hydrogen-bond acceptors (Lipinski definition) is 4. The van der Waals surface area contributed by atoms with Crippen LogP contribution in [0.1, 0.15) is 0 Å². The zero-order chi connectivity index (χ0) is 12.7. The average molecular weight is 292 g/mol. The van der Waals surface area contributed by atoms with Gasteiger partial charge >= 0.3 is 29.6 Å². The summed E-state index contributed by atoms with van der Waals surface area (Å²) in [5.74, 6) is 0.322. The number of phenols is 1. The van der Waals surface area contributed by atoms with Crippen LogP contribution in [0.25, 0.3) is 0 Å². The number of rotatable bonds is 1. The second-order valence-corrected chi connectivity index (χ2v) is 4.55. The summed E-state index contributed by atoms with van der Waals surface area (Å²) < 4.78 is 29.2. The normalized spacial score (nSPS) is 9.11. The van der Waals surface area contributed by atoms with Crippen LogP contribution in [0.2, 0.25) is 0 Å². The third kappa shape index (κ3) is 8.77. The Morgan fingerprint density at radius 1 is 0.789 bits per heavy atom. The van der Waals surface area contributed by atoms with E-state index in [-0.39, 0.29) is 39.9 Å². The minimum absolute atomic E-state index is 0. The molecule has 19 heavy (non-hydrogen) atoms. The van der Waals surface area contributed by atoms with Crippen molar-refractivity contribution in [3.63, 3.8) is 0 Å². The predicted octanol–water partition coefficient (Wildman–Crippen LogP) is -0.847. The van der Waals surface area contributed by atoms with Crippen LogP contribution in [0, 0.1) is 0 Å². The number of hydrogen-bond donors (Lipinski definition) is 2. The first kappa shape index (κ1) is 20.4. The number of benzene rings is 2. The Kier molecular flexibility index (Phi) is 10.7. The summed E-state index contributed by atoms with van der Waals surface area (Å²) in [6, 6.07) is 16.1. The molecule has 0 saturated carbocycles. The van der Waals surface area contributed by atoms with Gasteiger partial charge < -0.3 is 10.6 Å². The van der Waals surface area contributed by atoms with Gasteiger partial charge in [0.2, 0.25) is 0 Å². The molecule has 0 spiro atoms. The van der Waals surface area contributed by atoms with Gasteiger partial charge in [0.05, 0.1) is 4.90 Å². The predicted molar refractivity (Wildman–Crippen MR) is 66.3 cm³/mol. The maximum Gasteiger partial charge on any atom is 1.00 e. The van der Waals surface area contributed by atoms with Crippen molar-refractivity contribution in [2.45, 2.75) is 4.90 Å². The van der Waals surface area contributed by atoms with Crippen LogP contribution < -0.4 is 29.6 Å². The van der Waals surface area contributed by atoms with Gasteiger partial charge in [-0.25, -0.2) is 0 Å². The minimum Gasteiger partial charge on any atom is -0.870 e. The van der Waals surface area contributed by atoms with E-state index in [1.807, 2.05) is 6.07 Å². The van der Waals surface area contributed by atoms with Gasteiger partial charge in [-0.1, -0.05) is 36.4 Å². The van der Waals surface area contributed by atoms with Gasteiger partial charge in [-0.3, -0.25) is 4.55 Å². The molecule has 0 radical (unpaired) electrons. The minimum atomic E-state index is -4.00. The molecule has 0 amide bonds. The van der Waals surface area contributed by atoms with E-state index >= 15 is 0 Å². The summed E-state index contributed by atoms with van der Waals surface area (Å²) in [6.07, 6.45) is 0. The fourth-order valence-electron chi connectivity index (χ4n) is 1.02. The van der Waals surface area contributed by atoms with Crippen molar-refractivity contribution < 1.29 is 53.1 Å². The molecule has 5 nitrogen and oxygen atoms in total. The molecule has 2 rings (SSSR count). The molecule has 0 aliphatic heterocycles. The van der Waals surface area contributed by atoms with Crippen LogP contribution in [-0.2, 0) is 10.1 Å². The molecule has 0 heterocycles. The van der Waals surface area contributed by atoms with Gasteiger partial charge in [0.15, 0.2) is 0 Å². The zero-order valence-corrected chi connectivity index (χ0v) is 13.2. The van der Waals surface area contributed by atoms with Crippen LogP contribution in [0.4, 0.5) is 0 Å². The van der Waals surface area contributed by atoms with Gasteiger partial charge in [0.25, 0.3) is 10.1 Å². The van der Waals surface area contributed by atoms with Gasteiger partial charge in [-0.05, 0) is 24.3 Å². The second-order valence-electron chi connectivity index (χ2n) is 3.12. The van der Waals surface area contributed by atoms with Crippen molar-refractivity contribution in [1.29, 1.82) is 0 Å². The van der Waals surface area contributed by atoms with E-state index in [0.29, 0.717) is 5.75 Å². The largest absolute Gasteiger partial charge is 1.00 e. The Labute approximate surface area is 134 Å². The van der Waals surface area contributed by atoms with E-state index in [1.165, 1.54) is 12.1 Å². The molecule has 98 valence electrons. The third-order valence-electron chi connectivity index (χ3n) is 1.80. The van der Waals surface area contributed by atoms with Gasteiger partial charge in [0.1, 0.15) is 5.75 Å². The smallest absolute Gasteiger partial charge is 0.870 e. The Morgan fingerprint density at radius 2 is 1.16 bits per heavy atom. The Hall–Kier alpha value is -0.890. The van der Waals surface area contributed by atoms with Crippen molar-refractivity contribution in [3.8, 4) is 5.75 Å². The van der Waals surface area contributed by atoms with Crippen molar-refractivity contribution in [2.24, 2.45) is 0 Å². The van der Waals surface area contributed by atoms with E-state index in [4.69, 9.17) is 9.66 Å². The maximum atomic E-state index is 10.4.